The van der Waals surface area contributed by atoms with Gasteiger partial charge in [-0.05, 0) is 68.6 Å². The number of carboxylic acid groups (broad SMARTS) is 1. The monoisotopic (exact) mass is 288 g/mol. The third-order valence-electron chi connectivity index (χ3n) is 5.20. The van der Waals surface area contributed by atoms with Crippen molar-refractivity contribution in [1.82, 2.24) is 0 Å². The molecular formula is C18H24O3. The van der Waals surface area contributed by atoms with Gasteiger partial charge in [-0.2, -0.15) is 0 Å². The Morgan fingerprint density at radius 3 is 2.86 bits per heavy atom. The van der Waals surface area contributed by atoms with Crippen LogP contribution in [0.4, 0.5) is 0 Å². The van der Waals surface area contributed by atoms with Crippen molar-refractivity contribution in [2.75, 3.05) is 6.61 Å². The van der Waals surface area contributed by atoms with Gasteiger partial charge in [0.05, 0.1) is 11.5 Å². The average Bonchev–Trinajstić information content (AvgIpc) is 2.92. The zero-order valence-electron chi connectivity index (χ0n) is 12.7. The Morgan fingerprint density at radius 1 is 1.33 bits per heavy atom. The summed E-state index contributed by atoms with van der Waals surface area (Å²) in [7, 11) is 0. The summed E-state index contributed by atoms with van der Waals surface area (Å²) in [5.74, 6) is -1.18. The maximum atomic E-state index is 11.8. The van der Waals surface area contributed by atoms with E-state index in [4.69, 9.17) is 4.74 Å². The van der Waals surface area contributed by atoms with Crippen molar-refractivity contribution in [3.8, 4) is 0 Å². The fourth-order valence-electron chi connectivity index (χ4n) is 3.91. The Balaban J connectivity index is 1.88. The Labute approximate surface area is 126 Å². The molecule has 0 spiro atoms. The molecule has 3 rings (SSSR count). The molecule has 1 N–H and O–H groups in total. The molecule has 1 saturated heterocycles. The molecule has 2 aliphatic rings. The van der Waals surface area contributed by atoms with Gasteiger partial charge in [0.25, 0.3) is 0 Å². The van der Waals surface area contributed by atoms with Crippen LogP contribution in [0.15, 0.2) is 18.2 Å². The predicted octanol–water partition coefficient (Wildman–Crippen LogP) is 3.38. The highest BCUT2D eigenvalue weighted by atomic mass is 16.5. The number of aryl methyl sites for hydroxylation is 1. The number of rotatable bonds is 4. The molecule has 1 aromatic rings. The average molecular weight is 288 g/mol. The van der Waals surface area contributed by atoms with E-state index in [1.54, 1.807) is 0 Å². The SMILES string of the molecule is CC1(C(Cc2cccc3c2CCCC3)C(=O)O)CCCO1. The van der Waals surface area contributed by atoms with E-state index < -0.39 is 17.5 Å². The van der Waals surface area contributed by atoms with Crippen molar-refractivity contribution < 1.29 is 14.6 Å². The zero-order valence-corrected chi connectivity index (χ0v) is 12.7. The highest BCUT2D eigenvalue weighted by molar-refractivity contribution is 5.72. The van der Waals surface area contributed by atoms with Crippen molar-refractivity contribution >= 4 is 5.97 Å². The zero-order chi connectivity index (χ0) is 14.9. The fraction of sp³-hybridized carbons (Fsp3) is 0.611. The summed E-state index contributed by atoms with van der Waals surface area (Å²) in [5, 5.41) is 9.68. The molecule has 0 aromatic heterocycles. The highest BCUT2D eigenvalue weighted by Gasteiger charge is 2.43. The minimum atomic E-state index is -0.729. The largest absolute Gasteiger partial charge is 0.481 e. The molecular weight excluding hydrogens is 264 g/mol. The van der Waals surface area contributed by atoms with E-state index in [1.807, 2.05) is 6.92 Å². The third kappa shape index (κ3) is 2.84. The number of ether oxygens (including phenoxy) is 1. The summed E-state index contributed by atoms with van der Waals surface area (Å²) in [6, 6.07) is 6.39. The van der Waals surface area contributed by atoms with Gasteiger partial charge in [-0.1, -0.05) is 18.2 Å². The summed E-state index contributed by atoms with van der Waals surface area (Å²) in [4.78, 5) is 11.8. The van der Waals surface area contributed by atoms with Crippen molar-refractivity contribution in [2.45, 2.75) is 57.5 Å². The molecule has 3 nitrogen and oxygen atoms in total. The molecule has 21 heavy (non-hydrogen) atoms. The Bertz CT molecular complexity index is 529. The molecule has 2 unspecified atom stereocenters. The minimum absolute atomic E-state index is 0.451. The van der Waals surface area contributed by atoms with Crippen LogP contribution in [0.5, 0.6) is 0 Å². The van der Waals surface area contributed by atoms with Gasteiger partial charge >= 0.3 is 5.97 Å². The summed E-state index contributed by atoms with van der Waals surface area (Å²) >= 11 is 0. The van der Waals surface area contributed by atoms with E-state index in [2.05, 4.69) is 18.2 Å². The lowest BCUT2D eigenvalue weighted by molar-refractivity contribution is -0.152. The maximum Gasteiger partial charge on any atom is 0.309 e. The number of carbonyl (C=O) groups is 1. The number of benzene rings is 1. The van der Waals surface area contributed by atoms with Crippen LogP contribution in [0, 0.1) is 5.92 Å². The third-order valence-corrected chi connectivity index (χ3v) is 5.20. The fourth-order valence-corrected chi connectivity index (χ4v) is 3.91. The standard InChI is InChI=1S/C18H24O3/c1-18(10-5-11-21-18)16(17(19)20)12-14-8-4-7-13-6-2-3-9-15(13)14/h4,7-8,16H,2-3,5-6,9-12H2,1H3,(H,19,20). The van der Waals surface area contributed by atoms with E-state index in [0.717, 1.165) is 25.7 Å². The van der Waals surface area contributed by atoms with Gasteiger partial charge in [-0.15, -0.1) is 0 Å². The normalized spacial score (nSPS) is 26.3. The van der Waals surface area contributed by atoms with Crippen LogP contribution in [0.1, 0.15) is 49.3 Å². The molecule has 2 atom stereocenters. The van der Waals surface area contributed by atoms with Gasteiger partial charge in [0, 0.05) is 6.61 Å². The molecule has 1 aliphatic heterocycles. The van der Waals surface area contributed by atoms with Crippen LogP contribution in [-0.4, -0.2) is 23.3 Å². The number of hydrogen-bond donors (Lipinski definition) is 1. The second-order valence-corrected chi connectivity index (χ2v) is 6.62. The molecule has 1 fully saturated rings. The molecule has 114 valence electrons. The Kier molecular flexibility index (Phi) is 4.03. The van der Waals surface area contributed by atoms with E-state index in [0.29, 0.717) is 13.0 Å². The van der Waals surface area contributed by atoms with Gasteiger partial charge in [-0.3, -0.25) is 4.79 Å². The van der Waals surface area contributed by atoms with Gasteiger partial charge in [0.1, 0.15) is 0 Å². The molecule has 1 aromatic carbocycles. The van der Waals surface area contributed by atoms with Crippen LogP contribution in [0.25, 0.3) is 0 Å². The first-order valence-corrected chi connectivity index (χ1v) is 8.06. The van der Waals surface area contributed by atoms with Crippen LogP contribution < -0.4 is 0 Å². The number of hydrogen-bond acceptors (Lipinski definition) is 2. The predicted molar refractivity (Wildman–Crippen MR) is 81.5 cm³/mol. The van der Waals surface area contributed by atoms with E-state index in [9.17, 15) is 9.90 Å². The van der Waals surface area contributed by atoms with Crippen LogP contribution in [0.2, 0.25) is 0 Å². The maximum absolute atomic E-state index is 11.8. The summed E-state index contributed by atoms with van der Waals surface area (Å²) in [6.07, 6.45) is 7.10. The number of fused-ring (bicyclic) bond motifs is 1. The summed E-state index contributed by atoms with van der Waals surface area (Å²) in [6.45, 7) is 2.65. The van der Waals surface area contributed by atoms with Crippen LogP contribution in [-0.2, 0) is 28.8 Å². The quantitative estimate of drug-likeness (QED) is 0.924. The number of aliphatic carboxylic acids is 1. The molecule has 0 saturated carbocycles. The molecule has 3 heteroatoms. The topological polar surface area (TPSA) is 46.5 Å². The molecule has 0 amide bonds. The van der Waals surface area contributed by atoms with Gasteiger partial charge in [-0.25, -0.2) is 0 Å². The minimum Gasteiger partial charge on any atom is -0.481 e. The van der Waals surface area contributed by atoms with Crippen LogP contribution >= 0.6 is 0 Å². The van der Waals surface area contributed by atoms with E-state index in [-0.39, 0.29) is 0 Å². The summed E-state index contributed by atoms with van der Waals surface area (Å²) < 4.78 is 5.80. The molecule has 0 radical (unpaired) electrons. The van der Waals surface area contributed by atoms with Crippen molar-refractivity contribution in [1.29, 1.82) is 0 Å². The summed E-state index contributed by atoms with van der Waals surface area (Å²) in [5.41, 5.74) is 3.52. The second-order valence-electron chi connectivity index (χ2n) is 6.62. The van der Waals surface area contributed by atoms with Crippen molar-refractivity contribution in [3.05, 3.63) is 34.9 Å². The van der Waals surface area contributed by atoms with Crippen molar-refractivity contribution in [2.24, 2.45) is 5.92 Å². The second kappa shape index (κ2) is 5.80. The number of carboxylic acids is 1. The molecule has 1 heterocycles. The van der Waals surface area contributed by atoms with Gasteiger partial charge in [0.15, 0.2) is 0 Å². The smallest absolute Gasteiger partial charge is 0.309 e. The first-order valence-electron chi connectivity index (χ1n) is 8.06. The lowest BCUT2D eigenvalue weighted by Crippen LogP contribution is -2.40. The first-order chi connectivity index (χ1) is 10.1. The lowest BCUT2D eigenvalue weighted by atomic mass is 9.79. The lowest BCUT2D eigenvalue weighted by Gasteiger charge is -2.31. The first kappa shape index (κ1) is 14.6. The van der Waals surface area contributed by atoms with E-state index in [1.165, 1.54) is 29.5 Å². The molecule has 0 bridgehead atoms. The molecule has 1 aliphatic carbocycles. The Hall–Kier alpha value is -1.35. The van der Waals surface area contributed by atoms with Gasteiger partial charge < -0.3 is 9.84 Å². The highest BCUT2D eigenvalue weighted by Crippen LogP contribution is 2.36. The van der Waals surface area contributed by atoms with Crippen LogP contribution in [0.3, 0.4) is 0 Å². The van der Waals surface area contributed by atoms with E-state index >= 15 is 0 Å². The Morgan fingerprint density at radius 2 is 2.14 bits per heavy atom. The van der Waals surface area contributed by atoms with Gasteiger partial charge in [0.2, 0.25) is 0 Å². The van der Waals surface area contributed by atoms with Crippen molar-refractivity contribution in [3.63, 3.8) is 0 Å².